The van der Waals surface area contributed by atoms with Gasteiger partial charge in [-0.3, -0.25) is 9.69 Å². The quantitative estimate of drug-likeness (QED) is 0.586. The second-order valence-corrected chi connectivity index (χ2v) is 5.80. The van der Waals surface area contributed by atoms with E-state index in [0.29, 0.717) is 11.6 Å². The van der Waals surface area contributed by atoms with Crippen molar-refractivity contribution in [3.8, 4) is 0 Å². The number of carbonyl (C=O) groups is 2. The fourth-order valence-corrected chi connectivity index (χ4v) is 3.58. The van der Waals surface area contributed by atoms with Gasteiger partial charge in [-0.1, -0.05) is 18.2 Å². The number of ether oxygens (including phenoxy) is 1. The fraction of sp³-hybridized carbons (Fsp3) is 0.692. The molecule has 2 aliphatic rings. The molecule has 2 aliphatic heterocycles. The van der Waals surface area contributed by atoms with E-state index in [1.807, 2.05) is 0 Å². The molecule has 2 saturated heterocycles. The van der Waals surface area contributed by atoms with Crippen LogP contribution < -0.4 is 0 Å². The van der Waals surface area contributed by atoms with Crippen LogP contribution in [-0.4, -0.2) is 53.8 Å². The van der Waals surface area contributed by atoms with Gasteiger partial charge in [0.15, 0.2) is 0 Å². The number of carbonyl (C=O) groups excluding carboxylic acids is 2. The second-order valence-electron chi connectivity index (χ2n) is 4.70. The van der Waals surface area contributed by atoms with Crippen molar-refractivity contribution >= 4 is 36.0 Å². The first-order chi connectivity index (χ1) is 9.13. The van der Waals surface area contributed by atoms with Crippen molar-refractivity contribution in [2.75, 3.05) is 26.7 Å². The molecule has 20 heavy (non-hydrogen) atoms. The normalized spacial score (nSPS) is 25.7. The third-order valence-corrected chi connectivity index (χ3v) is 4.71. The van der Waals surface area contributed by atoms with E-state index in [-0.39, 0.29) is 29.7 Å². The van der Waals surface area contributed by atoms with Gasteiger partial charge in [0.1, 0.15) is 5.37 Å². The first-order valence-corrected chi connectivity index (χ1v) is 7.58. The second kappa shape index (κ2) is 7.90. The average molecular weight is 321 g/mol. The molecule has 0 bridgehead atoms. The van der Waals surface area contributed by atoms with Gasteiger partial charge in [0, 0.05) is 7.05 Å². The van der Waals surface area contributed by atoms with E-state index in [0.717, 1.165) is 25.9 Å². The van der Waals surface area contributed by atoms with Crippen LogP contribution >= 0.6 is 24.2 Å². The molecule has 2 rings (SSSR count). The summed E-state index contributed by atoms with van der Waals surface area (Å²) >= 11 is 1.45. The lowest BCUT2D eigenvalue weighted by Gasteiger charge is -2.29. The molecule has 2 heterocycles. The summed E-state index contributed by atoms with van der Waals surface area (Å²) in [6.45, 7) is 4.04. The lowest BCUT2D eigenvalue weighted by atomic mass is 10.1. The summed E-state index contributed by atoms with van der Waals surface area (Å²) in [5.74, 6) is -0.327. The highest BCUT2D eigenvalue weighted by atomic mass is 35.5. The molecule has 0 radical (unpaired) electrons. The maximum absolute atomic E-state index is 12.2. The largest absolute Gasteiger partial charge is 0.463 e. The van der Waals surface area contributed by atoms with Crippen molar-refractivity contribution in [3.63, 3.8) is 0 Å². The lowest BCUT2D eigenvalue weighted by Crippen LogP contribution is -2.42. The zero-order valence-corrected chi connectivity index (χ0v) is 13.5. The van der Waals surface area contributed by atoms with E-state index in [9.17, 15) is 9.59 Å². The van der Waals surface area contributed by atoms with Crippen molar-refractivity contribution in [1.82, 2.24) is 9.80 Å². The topological polar surface area (TPSA) is 49.9 Å². The molecular weight excluding hydrogens is 300 g/mol. The summed E-state index contributed by atoms with van der Waals surface area (Å²) in [4.78, 5) is 27.5. The van der Waals surface area contributed by atoms with Crippen LogP contribution in [0.4, 0.5) is 0 Å². The van der Waals surface area contributed by atoms with Crippen molar-refractivity contribution in [1.29, 1.82) is 0 Å². The van der Waals surface area contributed by atoms with Crippen molar-refractivity contribution in [2.24, 2.45) is 0 Å². The molecular formula is C13H21ClN2O3S. The van der Waals surface area contributed by atoms with E-state index in [4.69, 9.17) is 4.74 Å². The molecule has 1 atom stereocenters. The third kappa shape index (κ3) is 3.90. The van der Waals surface area contributed by atoms with Crippen molar-refractivity contribution in [3.05, 3.63) is 11.1 Å². The smallest absolute Gasteiger partial charge is 0.333 e. The number of likely N-dealkylation sites (tertiary alicyclic amines) is 1. The van der Waals surface area contributed by atoms with Gasteiger partial charge in [-0.15, -0.1) is 12.4 Å². The Bertz CT molecular complexity index is 397. The Morgan fingerprint density at radius 3 is 2.65 bits per heavy atom. The first kappa shape index (κ1) is 17.3. The number of thioether (sulfide) groups is 1. The van der Waals surface area contributed by atoms with Gasteiger partial charge in [-0.25, -0.2) is 4.79 Å². The number of halogens is 1. The standard InChI is InChI=1S/C13H20N2O3S.ClH/c1-3-18-11(16)9-10-14(2)12(17)13(19-10)15-7-5-4-6-8-15;/h9,13H,3-8H2,1-2H3;1H/b10-9-;. The minimum Gasteiger partial charge on any atom is -0.463 e. The van der Waals surface area contributed by atoms with E-state index < -0.39 is 0 Å². The zero-order chi connectivity index (χ0) is 13.8. The zero-order valence-electron chi connectivity index (χ0n) is 11.8. The van der Waals surface area contributed by atoms with Crippen LogP contribution in [0.15, 0.2) is 11.1 Å². The van der Waals surface area contributed by atoms with Gasteiger partial charge in [0.2, 0.25) is 0 Å². The molecule has 0 spiro atoms. The molecule has 5 nitrogen and oxygen atoms in total. The highest BCUT2D eigenvalue weighted by molar-refractivity contribution is 8.04. The summed E-state index contributed by atoms with van der Waals surface area (Å²) in [6, 6.07) is 0. The lowest BCUT2D eigenvalue weighted by molar-refractivity contribution is -0.137. The predicted octanol–water partition coefficient (Wildman–Crippen LogP) is 1.83. The van der Waals surface area contributed by atoms with Gasteiger partial charge in [0.05, 0.1) is 17.7 Å². The summed E-state index contributed by atoms with van der Waals surface area (Å²) in [7, 11) is 1.71. The number of likely N-dealkylation sites (N-methyl/N-ethyl adjacent to an activating group) is 1. The average Bonchev–Trinajstić information content (AvgIpc) is 2.68. The Kier molecular flexibility index (Phi) is 6.85. The number of piperidine rings is 1. The number of esters is 1. The number of amides is 1. The summed E-state index contributed by atoms with van der Waals surface area (Å²) < 4.78 is 4.89. The van der Waals surface area contributed by atoms with Gasteiger partial charge >= 0.3 is 5.97 Å². The van der Waals surface area contributed by atoms with Gasteiger partial charge in [-0.2, -0.15) is 0 Å². The molecule has 0 aromatic carbocycles. The molecule has 0 saturated carbocycles. The molecule has 1 amide bonds. The van der Waals surface area contributed by atoms with E-state index in [2.05, 4.69) is 4.90 Å². The number of hydrogen-bond acceptors (Lipinski definition) is 5. The first-order valence-electron chi connectivity index (χ1n) is 6.70. The third-order valence-electron chi connectivity index (χ3n) is 3.36. The predicted molar refractivity (Wildman–Crippen MR) is 81.5 cm³/mol. The Morgan fingerprint density at radius 2 is 2.05 bits per heavy atom. The minimum absolute atomic E-state index is 0. The summed E-state index contributed by atoms with van der Waals surface area (Å²) in [6.07, 6.45) is 4.94. The highest BCUT2D eigenvalue weighted by Gasteiger charge is 2.39. The van der Waals surface area contributed by atoms with Crippen molar-refractivity contribution in [2.45, 2.75) is 31.6 Å². The monoisotopic (exact) mass is 320 g/mol. The van der Waals surface area contributed by atoms with E-state index in [1.165, 1.54) is 24.3 Å². The van der Waals surface area contributed by atoms with Gasteiger partial charge in [-0.05, 0) is 32.9 Å². The SMILES string of the molecule is CCOC(=O)/C=C1\SC(N2CCCCC2)C(=O)N1C.Cl. The molecule has 2 fully saturated rings. The minimum atomic E-state index is -0.385. The summed E-state index contributed by atoms with van der Waals surface area (Å²) in [5, 5.41) is 0.505. The molecule has 114 valence electrons. The van der Waals surface area contributed by atoms with Crippen molar-refractivity contribution < 1.29 is 14.3 Å². The van der Waals surface area contributed by atoms with Gasteiger partial charge < -0.3 is 9.64 Å². The highest BCUT2D eigenvalue weighted by Crippen LogP contribution is 2.36. The van der Waals surface area contributed by atoms with Crippen LogP contribution in [0, 0.1) is 0 Å². The molecule has 0 aromatic heterocycles. The number of rotatable bonds is 3. The van der Waals surface area contributed by atoms with Crippen LogP contribution in [0.1, 0.15) is 26.2 Å². The molecule has 7 heteroatoms. The maximum Gasteiger partial charge on any atom is 0.333 e. The fourth-order valence-electron chi connectivity index (χ4n) is 2.32. The molecule has 0 aliphatic carbocycles. The Morgan fingerprint density at radius 1 is 1.40 bits per heavy atom. The Balaban J connectivity index is 0.00000200. The number of nitrogens with zero attached hydrogens (tertiary/aromatic N) is 2. The van der Waals surface area contributed by atoms with Crippen LogP contribution in [0.5, 0.6) is 0 Å². The molecule has 0 aromatic rings. The van der Waals surface area contributed by atoms with Crippen LogP contribution in [0.3, 0.4) is 0 Å². The maximum atomic E-state index is 12.2. The Hall–Kier alpha value is -0.720. The summed E-state index contributed by atoms with van der Waals surface area (Å²) in [5.41, 5.74) is 0. The number of hydrogen-bond donors (Lipinski definition) is 0. The molecule has 0 N–H and O–H groups in total. The van der Waals surface area contributed by atoms with Gasteiger partial charge in [0.25, 0.3) is 5.91 Å². The molecule has 1 unspecified atom stereocenters. The van der Waals surface area contributed by atoms with Crippen LogP contribution in [0.25, 0.3) is 0 Å². The van der Waals surface area contributed by atoms with Crippen LogP contribution in [0.2, 0.25) is 0 Å². The Labute approximate surface area is 130 Å². The van der Waals surface area contributed by atoms with E-state index >= 15 is 0 Å². The van der Waals surface area contributed by atoms with E-state index in [1.54, 1.807) is 18.9 Å². The van der Waals surface area contributed by atoms with Crippen LogP contribution in [-0.2, 0) is 14.3 Å².